The van der Waals surface area contributed by atoms with Gasteiger partial charge in [0.05, 0.1) is 0 Å². The highest BCUT2D eigenvalue weighted by molar-refractivity contribution is 5.79. The lowest BCUT2D eigenvalue weighted by molar-refractivity contribution is -0.135. The molecule has 112 valence electrons. The van der Waals surface area contributed by atoms with Crippen LogP contribution >= 0.6 is 0 Å². The van der Waals surface area contributed by atoms with E-state index in [-0.39, 0.29) is 17.2 Å². The first-order valence-corrected chi connectivity index (χ1v) is 6.33. The minimum absolute atomic E-state index is 0.0522. The Balaban J connectivity index is 2.61. The molecule has 2 rings (SSSR count). The predicted octanol–water partition coefficient (Wildman–Crippen LogP) is 1.07. The molecule has 7 nitrogen and oxygen atoms in total. The summed E-state index contributed by atoms with van der Waals surface area (Å²) in [6, 6.07) is 1.60. The summed E-state index contributed by atoms with van der Waals surface area (Å²) in [5, 5.41) is 3.09. The highest BCUT2D eigenvalue weighted by Crippen LogP contribution is 2.44. The van der Waals surface area contributed by atoms with Crippen molar-refractivity contribution >= 4 is 17.9 Å². The maximum Gasteiger partial charge on any atom is 0.308 e. The second kappa shape index (κ2) is 5.92. The monoisotopic (exact) mass is 293 g/mol. The first-order valence-electron chi connectivity index (χ1n) is 6.33. The minimum Gasteiger partial charge on any atom is -0.423 e. The summed E-state index contributed by atoms with van der Waals surface area (Å²) in [6.45, 7) is 4.69. The second-order valence-electron chi connectivity index (χ2n) is 4.56. The van der Waals surface area contributed by atoms with E-state index in [1.807, 2.05) is 0 Å². The molecule has 0 aliphatic carbocycles. The number of rotatable bonds is 3. The summed E-state index contributed by atoms with van der Waals surface area (Å²) in [5.74, 6) is -1.63. The molecule has 0 unspecified atom stereocenters. The molecule has 0 fully saturated rings. The van der Waals surface area contributed by atoms with Gasteiger partial charge in [0.2, 0.25) is 5.75 Å². The second-order valence-corrected chi connectivity index (χ2v) is 4.56. The number of hydrogen-bond donors (Lipinski definition) is 1. The van der Waals surface area contributed by atoms with E-state index in [4.69, 9.17) is 14.2 Å². The first-order chi connectivity index (χ1) is 9.88. The molecule has 1 aromatic rings. The Morgan fingerprint density at radius 2 is 1.48 bits per heavy atom. The van der Waals surface area contributed by atoms with Gasteiger partial charge in [0.1, 0.15) is 0 Å². The number of benzene rings is 1. The average molecular weight is 293 g/mol. The molecule has 0 aromatic heterocycles. The van der Waals surface area contributed by atoms with Gasteiger partial charge in [-0.3, -0.25) is 14.4 Å². The summed E-state index contributed by atoms with van der Waals surface area (Å²) in [7, 11) is 0. The summed E-state index contributed by atoms with van der Waals surface area (Å²) in [4.78, 5) is 33.8. The average Bonchev–Trinajstić information content (AvgIpc) is 2.79. The molecule has 1 aliphatic heterocycles. The Morgan fingerprint density at radius 3 is 2.05 bits per heavy atom. The Kier molecular flexibility index (Phi) is 4.23. The van der Waals surface area contributed by atoms with Crippen molar-refractivity contribution in [2.45, 2.75) is 33.9 Å². The van der Waals surface area contributed by atoms with Crippen LogP contribution in [0.25, 0.3) is 0 Å². The molecule has 0 atom stereocenters. The Morgan fingerprint density at radius 1 is 0.905 bits per heavy atom. The molecule has 7 heteroatoms. The molecule has 0 spiro atoms. The predicted molar refractivity (Wildman–Crippen MR) is 70.9 cm³/mol. The van der Waals surface area contributed by atoms with Crippen LogP contribution in [0.4, 0.5) is 0 Å². The van der Waals surface area contributed by atoms with Crippen LogP contribution in [-0.2, 0) is 27.5 Å². The van der Waals surface area contributed by atoms with Crippen LogP contribution in [0.15, 0.2) is 6.07 Å². The number of carbonyl (C=O) groups excluding carboxylic acids is 3. The van der Waals surface area contributed by atoms with Crippen molar-refractivity contribution in [3.8, 4) is 17.2 Å². The molecule has 0 saturated heterocycles. The molecular weight excluding hydrogens is 278 g/mol. The van der Waals surface area contributed by atoms with Gasteiger partial charge in [-0.05, 0) is 11.6 Å². The molecule has 1 aliphatic rings. The number of ether oxygens (including phenoxy) is 3. The standard InChI is InChI=1S/C14H15NO6/c1-7(16)19-12-4-10-5-15-6-11(10)13(20-8(2)17)14(12)21-9(3)18/h4,15H,5-6H2,1-3H3. The maximum atomic E-state index is 11.3. The number of esters is 3. The lowest BCUT2D eigenvalue weighted by Crippen LogP contribution is -2.12. The van der Waals surface area contributed by atoms with E-state index in [0.717, 1.165) is 5.56 Å². The number of hydrogen-bond acceptors (Lipinski definition) is 7. The third-order valence-corrected chi connectivity index (χ3v) is 2.76. The molecule has 1 aromatic carbocycles. The van der Waals surface area contributed by atoms with Crippen LogP contribution in [0.2, 0.25) is 0 Å². The zero-order valence-corrected chi connectivity index (χ0v) is 11.9. The fourth-order valence-electron chi connectivity index (χ4n) is 2.10. The van der Waals surface area contributed by atoms with E-state index >= 15 is 0 Å². The normalized spacial score (nSPS) is 12.5. The fraction of sp³-hybridized carbons (Fsp3) is 0.357. The smallest absolute Gasteiger partial charge is 0.308 e. The summed E-state index contributed by atoms with van der Waals surface area (Å²) in [5.41, 5.74) is 1.52. The number of fused-ring (bicyclic) bond motifs is 1. The molecular formula is C14H15NO6. The SMILES string of the molecule is CC(=O)Oc1cc2c(c(OC(C)=O)c1OC(C)=O)CNC2. The van der Waals surface area contributed by atoms with Gasteiger partial charge >= 0.3 is 17.9 Å². The molecule has 21 heavy (non-hydrogen) atoms. The Hall–Kier alpha value is -2.41. The lowest BCUT2D eigenvalue weighted by atomic mass is 10.1. The fourth-order valence-corrected chi connectivity index (χ4v) is 2.10. The third kappa shape index (κ3) is 3.38. The van der Waals surface area contributed by atoms with Gasteiger partial charge in [0.25, 0.3) is 0 Å². The maximum absolute atomic E-state index is 11.3. The van der Waals surface area contributed by atoms with Gasteiger partial charge in [-0.15, -0.1) is 0 Å². The van der Waals surface area contributed by atoms with Crippen LogP contribution in [0.1, 0.15) is 31.9 Å². The van der Waals surface area contributed by atoms with Gasteiger partial charge in [0, 0.05) is 39.4 Å². The van der Waals surface area contributed by atoms with E-state index in [1.54, 1.807) is 6.07 Å². The van der Waals surface area contributed by atoms with Crippen LogP contribution in [0, 0.1) is 0 Å². The molecule has 0 saturated carbocycles. The van der Waals surface area contributed by atoms with Crippen LogP contribution < -0.4 is 19.5 Å². The van der Waals surface area contributed by atoms with Crippen LogP contribution in [0.5, 0.6) is 17.2 Å². The van der Waals surface area contributed by atoms with Gasteiger partial charge in [-0.1, -0.05) is 0 Å². The van der Waals surface area contributed by atoms with Crippen LogP contribution in [0.3, 0.4) is 0 Å². The summed E-state index contributed by atoms with van der Waals surface area (Å²) >= 11 is 0. The van der Waals surface area contributed by atoms with Crippen molar-refractivity contribution in [1.29, 1.82) is 0 Å². The summed E-state index contributed by atoms with van der Waals surface area (Å²) < 4.78 is 15.3. The first kappa shape index (κ1) is 15.0. The van der Waals surface area contributed by atoms with Gasteiger partial charge in [0.15, 0.2) is 11.5 Å². The molecule has 0 radical (unpaired) electrons. The van der Waals surface area contributed by atoms with E-state index in [9.17, 15) is 14.4 Å². The largest absolute Gasteiger partial charge is 0.423 e. The van der Waals surface area contributed by atoms with Crippen molar-refractivity contribution in [2.24, 2.45) is 0 Å². The number of nitrogens with one attached hydrogen (secondary N) is 1. The van der Waals surface area contributed by atoms with E-state index in [1.165, 1.54) is 20.8 Å². The third-order valence-electron chi connectivity index (χ3n) is 2.76. The minimum atomic E-state index is -0.609. The molecule has 1 N–H and O–H groups in total. The molecule has 0 bridgehead atoms. The van der Waals surface area contributed by atoms with Crippen molar-refractivity contribution in [2.75, 3.05) is 0 Å². The molecule has 1 heterocycles. The zero-order chi connectivity index (χ0) is 15.6. The van der Waals surface area contributed by atoms with Crippen molar-refractivity contribution in [1.82, 2.24) is 5.32 Å². The molecule has 0 amide bonds. The topological polar surface area (TPSA) is 90.9 Å². The highest BCUT2D eigenvalue weighted by atomic mass is 16.6. The Bertz CT molecular complexity index is 622. The van der Waals surface area contributed by atoms with Crippen molar-refractivity contribution in [3.63, 3.8) is 0 Å². The van der Waals surface area contributed by atoms with Crippen LogP contribution in [-0.4, -0.2) is 17.9 Å². The zero-order valence-electron chi connectivity index (χ0n) is 11.9. The van der Waals surface area contributed by atoms with E-state index in [0.29, 0.717) is 18.7 Å². The lowest BCUT2D eigenvalue weighted by Gasteiger charge is -2.16. The van der Waals surface area contributed by atoms with Gasteiger partial charge in [-0.2, -0.15) is 0 Å². The van der Waals surface area contributed by atoms with Gasteiger partial charge in [-0.25, -0.2) is 0 Å². The highest BCUT2D eigenvalue weighted by Gasteiger charge is 2.27. The quantitative estimate of drug-likeness (QED) is 0.658. The van der Waals surface area contributed by atoms with Gasteiger partial charge < -0.3 is 19.5 Å². The summed E-state index contributed by atoms with van der Waals surface area (Å²) in [6.07, 6.45) is 0. The van der Waals surface area contributed by atoms with Crippen molar-refractivity contribution < 1.29 is 28.6 Å². The van der Waals surface area contributed by atoms with E-state index < -0.39 is 17.9 Å². The Labute approximate surface area is 121 Å². The van der Waals surface area contributed by atoms with E-state index in [2.05, 4.69) is 5.32 Å². The van der Waals surface area contributed by atoms with Crippen molar-refractivity contribution in [3.05, 3.63) is 17.2 Å². The number of carbonyl (C=O) groups is 3.